The fourth-order valence-corrected chi connectivity index (χ4v) is 5.21. The number of sulfonamides is 1. The van der Waals surface area contributed by atoms with Crippen molar-refractivity contribution in [1.82, 2.24) is 0 Å². The van der Waals surface area contributed by atoms with Gasteiger partial charge in [-0.1, -0.05) is 6.07 Å². The van der Waals surface area contributed by atoms with Gasteiger partial charge in [0.15, 0.2) is 0 Å². The third-order valence-electron chi connectivity index (χ3n) is 5.51. The zero-order valence-corrected chi connectivity index (χ0v) is 17.5. The first-order valence-corrected chi connectivity index (χ1v) is 11.2. The number of anilines is 1. The first kappa shape index (κ1) is 21.4. The van der Waals surface area contributed by atoms with Gasteiger partial charge in [0, 0.05) is 23.2 Å². The number of aliphatic hydroxyl groups is 1. The van der Waals surface area contributed by atoms with Crippen molar-refractivity contribution in [2.75, 3.05) is 18.4 Å². The van der Waals surface area contributed by atoms with Crippen molar-refractivity contribution >= 4 is 21.7 Å². The Morgan fingerprint density at radius 3 is 2.77 bits per heavy atom. The Balaban J connectivity index is 1.60. The van der Waals surface area contributed by atoms with Gasteiger partial charge < -0.3 is 24.4 Å². The minimum absolute atomic E-state index is 0.0643. The van der Waals surface area contributed by atoms with E-state index < -0.39 is 34.3 Å². The van der Waals surface area contributed by atoms with Gasteiger partial charge in [-0.15, -0.1) is 0 Å². The first-order chi connectivity index (χ1) is 14.8. The van der Waals surface area contributed by atoms with Crippen molar-refractivity contribution in [3.05, 3.63) is 48.0 Å². The van der Waals surface area contributed by atoms with E-state index in [-0.39, 0.29) is 23.8 Å². The third-order valence-corrected chi connectivity index (χ3v) is 6.88. The van der Waals surface area contributed by atoms with E-state index >= 15 is 0 Å². The Morgan fingerprint density at radius 1 is 1.26 bits per heavy atom. The van der Waals surface area contributed by atoms with Crippen LogP contribution in [0.1, 0.15) is 24.3 Å². The predicted molar refractivity (Wildman–Crippen MR) is 110 cm³/mol. The molecule has 2 aromatic rings. The standard InChI is InChI=1S/C21H23NO8S/c1-28-13-3-2-4-15(8-13)31(26,27)22-12-5-6-18-16(7-12)17-9-14(10-20(24)25)29-19(11-23)21(17)30-18/h2-8,14,17,19,21-23H,9-11H2,1H3,(H,24,25)/t14-,17-,19-,21+/m1/s1. The van der Waals surface area contributed by atoms with Gasteiger partial charge >= 0.3 is 5.97 Å². The van der Waals surface area contributed by atoms with Crippen LogP contribution in [0.4, 0.5) is 5.69 Å². The maximum atomic E-state index is 12.8. The quantitative estimate of drug-likeness (QED) is 0.585. The number of benzene rings is 2. The number of methoxy groups -OCH3 is 1. The van der Waals surface area contributed by atoms with Gasteiger partial charge in [-0.05, 0) is 36.8 Å². The monoisotopic (exact) mass is 449 g/mol. The summed E-state index contributed by atoms with van der Waals surface area (Å²) in [6.45, 7) is -0.305. The lowest BCUT2D eigenvalue weighted by molar-refractivity contribution is -0.153. The molecule has 0 amide bonds. The maximum Gasteiger partial charge on any atom is 0.305 e. The Morgan fingerprint density at radius 2 is 2.06 bits per heavy atom. The van der Waals surface area contributed by atoms with E-state index in [1.165, 1.54) is 19.2 Å². The smallest absolute Gasteiger partial charge is 0.305 e. The van der Waals surface area contributed by atoms with Crippen LogP contribution in [0.15, 0.2) is 47.4 Å². The van der Waals surface area contributed by atoms with E-state index in [0.29, 0.717) is 23.6 Å². The number of hydrogen-bond donors (Lipinski definition) is 3. The lowest BCUT2D eigenvalue weighted by Crippen LogP contribution is -2.46. The highest BCUT2D eigenvalue weighted by Crippen LogP contribution is 2.47. The highest BCUT2D eigenvalue weighted by molar-refractivity contribution is 7.92. The summed E-state index contributed by atoms with van der Waals surface area (Å²) in [6, 6.07) is 11.1. The van der Waals surface area contributed by atoms with E-state index in [1.807, 2.05) is 0 Å². The molecule has 2 aliphatic rings. The third kappa shape index (κ3) is 4.32. The summed E-state index contributed by atoms with van der Waals surface area (Å²) < 4.78 is 44.9. The molecular weight excluding hydrogens is 426 g/mol. The Bertz CT molecular complexity index is 1090. The Labute approximate surface area is 179 Å². The number of ether oxygens (including phenoxy) is 3. The van der Waals surface area contributed by atoms with Gasteiger partial charge in [0.1, 0.15) is 23.7 Å². The Hall–Kier alpha value is -2.82. The van der Waals surface area contributed by atoms with Crippen molar-refractivity contribution < 1.29 is 37.6 Å². The van der Waals surface area contributed by atoms with Crippen LogP contribution in [0, 0.1) is 0 Å². The van der Waals surface area contributed by atoms with Gasteiger partial charge in [0.25, 0.3) is 10.0 Å². The summed E-state index contributed by atoms with van der Waals surface area (Å²) >= 11 is 0. The van der Waals surface area contributed by atoms with Crippen molar-refractivity contribution in [2.45, 2.75) is 42.0 Å². The summed E-state index contributed by atoms with van der Waals surface area (Å²) in [5, 5.41) is 18.8. The minimum Gasteiger partial charge on any atom is -0.497 e. The average molecular weight is 449 g/mol. The molecule has 0 spiro atoms. The molecule has 1 fully saturated rings. The zero-order valence-electron chi connectivity index (χ0n) is 16.7. The molecule has 2 aromatic carbocycles. The number of fused-ring (bicyclic) bond motifs is 3. The number of aliphatic hydroxyl groups excluding tert-OH is 1. The van der Waals surface area contributed by atoms with Gasteiger partial charge in [-0.25, -0.2) is 8.42 Å². The number of aliphatic carboxylic acids is 1. The highest BCUT2D eigenvalue weighted by atomic mass is 32.2. The van der Waals surface area contributed by atoms with E-state index in [0.717, 1.165) is 5.56 Å². The van der Waals surface area contributed by atoms with Crippen LogP contribution in [-0.4, -0.2) is 56.6 Å². The summed E-state index contributed by atoms with van der Waals surface area (Å²) in [5.41, 5.74) is 1.11. The van der Waals surface area contributed by atoms with Crippen LogP contribution >= 0.6 is 0 Å². The predicted octanol–water partition coefficient (Wildman–Crippen LogP) is 1.97. The first-order valence-electron chi connectivity index (χ1n) is 9.76. The van der Waals surface area contributed by atoms with Crippen LogP contribution < -0.4 is 14.2 Å². The molecule has 0 saturated carbocycles. The number of nitrogens with one attached hydrogen (secondary N) is 1. The molecule has 0 radical (unpaired) electrons. The molecule has 166 valence electrons. The summed E-state index contributed by atoms with van der Waals surface area (Å²) in [6.07, 6.45) is -1.48. The van der Waals surface area contributed by atoms with Crippen LogP contribution in [-0.2, 0) is 19.6 Å². The van der Waals surface area contributed by atoms with Crippen LogP contribution in [0.3, 0.4) is 0 Å². The summed E-state index contributed by atoms with van der Waals surface area (Å²) in [5.74, 6) is -0.210. The fraction of sp³-hybridized carbons (Fsp3) is 0.381. The van der Waals surface area contributed by atoms with E-state index in [4.69, 9.17) is 19.3 Å². The molecular formula is C21H23NO8S. The van der Waals surface area contributed by atoms with Gasteiger partial charge in [-0.2, -0.15) is 0 Å². The zero-order chi connectivity index (χ0) is 22.2. The number of rotatable bonds is 7. The van der Waals surface area contributed by atoms with E-state index in [2.05, 4.69) is 4.72 Å². The normalized spacial score (nSPS) is 24.6. The molecule has 0 aromatic heterocycles. The molecule has 0 bridgehead atoms. The highest BCUT2D eigenvalue weighted by Gasteiger charge is 2.46. The topological polar surface area (TPSA) is 131 Å². The molecule has 4 rings (SSSR count). The number of carboxylic acid groups (broad SMARTS) is 1. The molecule has 10 heteroatoms. The number of carbonyl (C=O) groups is 1. The fourth-order valence-electron chi connectivity index (χ4n) is 4.13. The van der Waals surface area contributed by atoms with Gasteiger partial charge in [-0.3, -0.25) is 9.52 Å². The minimum atomic E-state index is -3.85. The molecule has 0 unspecified atom stereocenters. The second-order valence-electron chi connectivity index (χ2n) is 7.54. The van der Waals surface area contributed by atoms with E-state index in [1.54, 1.807) is 30.3 Å². The van der Waals surface area contributed by atoms with Crippen molar-refractivity contribution in [2.24, 2.45) is 0 Å². The maximum absolute atomic E-state index is 12.8. The lowest BCUT2D eigenvalue weighted by atomic mass is 9.84. The van der Waals surface area contributed by atoms with Crippen molar-refractivity contribution in [3.63, 3.8) is 0 Å². The van der Waals surface area contributed by atoms with Gasteiger partial charge in [0.2, 0.25) is 0 Å². The van der Waals surface area contributed by atoms with Crippen LogP contribution in [0.2, 0.25) is 0 Å². The second kappa shape index (κ2) is 8.37. The van der Waals surface area contributed by atoms with Gasteiger partial charge in [0.05, 0.1) is 31.1 Å². The largest absolute Gasteiger partial charge is 0.497 e. The molecule has 2 aliphatic heterocycles. The second-order valence-corrected chi connectivity index (χ2v) is 9.22. The molecule has 1 saturated heterocycles. The number of hydrogen-bond acceptors (Lipinski definition) is 7. The summed E-state index contributed by atoms with van der Waals surface area (Å²) in [4.78, 5) is 11.2. The van der Waals surface area contributed by atoms with Crippen LogP contribution in [0.25, 0.3) is 0 Å². The molecule has 2 heterocycles. The summed E-state index contributed by atoms with van der Waals surface area (Å²) in [7, 11) is -2.39. The van der Waals surface area contributed by atoms with Crippen molar-refractivity contribution in [1.29, 1.82) is 0 Å². The molecule has 31 heavy (non-hydrogen) atoms. The Kier molecular flexibility index (Phi) is 5.78. The SMILES string of the molecule is COc1cccc(S(=O)(=O)Nc2ccc3c(c2)[C@H]2C[C@H](CC(=O)O)O[C@H](CO)[C@H]2O3)c1. The molecule has 4 atom stereocenters. The molecule has 9 nitrogen and oxygen atoms in total. The lowest BCUT2D eigenvalue weighted by Gasteiger charge is -2.36. The van der Waals surface area contributed by atoms with E-state index in [9.17, 15) is 18.3 Å². The molecule has 0 aliphatic carbocycles. The van der Waals surface area contributed by atoms with Crippen molar-refractivity contribution in [3.8, 4) is 11.5 Å². The molecule has 3 N–H and O–H groups in total. The average Bonchev–Trinajstić information content (AvgIpc) is 3.10. The van der Waals surface area contributed by atoms with Crippen LogP contribution in [0.5, 0.6) is 11.5 Å². The number of carboxylic acids is 1.